The fourth-order valence-electron chi connectivity index (χ4n) is 1.90. The Balaban J connectivity index is 2.04. The van der Waals surface area contributed by atoms with Crippen LogP contribution in [0.15, 0.2) is 49.1 Å². The molecule has 0 bridgehead atoms. The van der Waals surface area contributed by atoms with E-state index in [0.717, 1.165) is 0 Å². The Hall–Kier alpha value is -3.35. The number of carbonyl (C=O) groups excluding carboxylic acids is 1. The topological polar surface area (TPSA) is 121 Å². The van der Waals surface area contributed by atoms with E-state index in [1.165, 1.54) is 12.4 Å². The Morgan fingerprint density at radius 3 is 2.55 bits per heavy atom. The van der Waals surface area contributed by atoms with Crippen LogP contribution in [0.1, 0.15) is 16.1 Å². The SMILES string of the molecule is Nc1ccc(-c2cnc(N)c(C(=O)c3cccnc3)n2)cn1. The standard InChI is InChI=1S/C15H12N6O/c16-12-4-3-9(7-19-12)11-8-20-15(17)13(21-11)14(22)10-2-1-5-18-6-10/h1-8H,(H2,16,19)(H2,17,20). The molecule has 3 aromatic rings. The minimum absolute atomic E-state index is 0.0704. The van der Waals surface area contributed by atoms with Crippen molar-refractivity contribution < 1.29 is 4.79 Å². The summed E-state index contributed by atoms with van der Waals surface area (Å²) in [6.07, 6.45) is 6.10. The van der Waals surface area contributed by atoms with Crippen molar-refractivity contribution in [3.8, 4) is 11.3 Å². The normalized spacial score (nSPS) is 10.4. The maximum atomic E-state index is 12.4. The molecule has 3 aromatic heterocycles. The smallest absolute Gasteiger partial charge is 0.216 e. The lowest BCUT2D eigenvalue weighted by atomic mass is 10.1. The molecule has 3 heterocycles. The van der Waals surface area contributed by atoms with Crippen molar-refractivity contribution >= 4 is 17.4 Å². The molecule has 0 saturated carbocycles. The minimum Gasteiger partial charge on any atom is -0.384 e. The summed E-state index contributed by atoms with van der Waals surface area (Å²) in [5, 5.41) is 0. The number of aromatic nitrogens is 4. The van der Waals surface area contributed by atoms with Crippen LogP contribution >= 0.6 is 0 Å². The van der Waals surface area contributed by atoms with E-state index < -0.39 is 0 Å². The van der Waals surface area contributed by atoms with Crippen molar-refractivity contribution in [3.05, 3.63) is 60.3 Å². The molecule has 0 spiro atoms. The number of hydrogen-bond acceptors (Lipinski definition) is 7. The third-order valence-corrected chi connectivity index (χ3v) is 3.02. The van der Waals surface area contributed by atoms with E-state index in [0.29, 0.717) is 22.6 Å². The van der Waals surface area contributed by atoms with E-state index >= 15 is 0 Å². The number of carbonyl (C=O) groups is 1. The quantitative estimate of drug-likeness (QED) is 0.698. The van der Waals surface area contributed by atoms with Crippen LogP contribution in [0.3, 0.4) is 0 Å². The minimum atomic E-state index is -0.330. The number of anilines is 2. The molecule has 7 heteroatoms. The zero-order valence-corrected chi connectivity index (χ0v) is 11.5. The molecular formula is C15H12N6O. The van der Waals surface area contributed by atoms with E-state index in [1.54, 1.807) is 36.7 Å². The third kappa shape index (κ3) is 2.59. The summed E-state index contributed by atoms with van der Waals surface area (Å²) in [4.78, 5) is 28.7. The fraction of sp³-hybridized carbons (Fsp3) is 0. The van der Waals surface area contributed by atoms with Gasteiger partial charge in [-0.3, -0.25) is 9.78 Å². The van der Waals surface area contributed by atoms with Gasteiger partial charge in [-0.05, 0) is 24.3 Å². The molecule has 0 fully saturated rings. The highest BCUT2D eigenvalue weighted by Gasteiger charge is 2.16. The number of nitrogens with zero attached hydrogens (tertiary/aromatic N) is 4. The second kappa shape index (κ2) is 5.57. The molecule has 22 heavy (non-hydrogen) atoms. The highest BCUT2D eigenvalue weighted by Crippen LogP contribution is 2.20. The maximum Gasteiger partial charge on any atom is 0.216 e. The first-order valence-corrected chi connectivity index (χ1v) is 6.44. The van der Waals surface area contributed by atoms with Crippen LogP contribution in [0.5, 0.6) is 0 Å². The van der Waals surface area contributed by atoms with Crippen molar-refractivity contribution in [1.82, 2.24) is 19.9 Å². The molecule has 0 atom stereocenters. The Kier molecular flexibility index (Phi) is 3.45. The highest BCUT2D eigenvalue weighted by molar-refractivity contribution is 6.10. The molecule has 0 amide bonds. The van der Waals surface area contributed by atoms with E-state index in [9.17, 15) is 4.79 Å². The van der Waals surface area contributed by atoms with E-state index in [1.807, 2.05) is 0 Å². The summed E-state index contributed by atoms with van der Waals surface area (Å²) < 4.78 is 0. The molecule has 0 aromatic carbocycles. The van der Waals surface area contributed by atoms with Gasteiger partial charge in [0.15, 0.2) is 11.5 Å². The van der Waals surface area contributed by atoms with Gasteiger partial charge in [0.2, 0.25) is 5.78 Å². The fourth-order valence-corrected chi connectivity index (χ4v) is 1.90. The summed E-state index contributed by atoms with van der Waals surface area (Å²) in [6.45, 7) is 0. The van der Waals surface area contributed by atoms with E-state index in [4.69, 9.17) is 11.5 Å². The lowest BCUT2D eigenvalue weighted by Crippen LogP contribution is -2.10. The largest absolute Gasteiger partial charge is 0.384 e. The van der Waals surface area contributed by atoms with Crippen LogP contribution in [0.2, 0.25) is 0 Å². The Bertz CT molecular complexity index is 817. The van der Waals surface area contributed by atoms with Gasteiger partial charge in [0.05, 0.1) is 11.9 Å². The Labute approximate surface area is 126 Å². The van der Waals surface area contributed by atoms with Crippen LogP contribution < -0.4 is 11.5 Å². The van der Waals surface area contributed by atoms with Crippen LogP contribution in [0.25, 0.3) is 11.3 Å². The van der Waals surface area contributed by atoms with Gasteiger partial charge in [0, 0.05) is 29.7 Å². The highest BCUT2D eigenvalue weighted by atomic mass is 16.1. The van der Waals surface area contributed by atoms with Crippen LogP contribution in [-0.4, -0.2) is 25.7 Å². The van der Waals surface area contributed by atoms with Gasteiger partial charge in [-0.25, -0.2) is 15.0 Å². The molecule has 0 aliphatic carbocycles. The van der Waals surface area contributed by atoms with E-state index in [-0.39, 0.29) is 17.3 Å². The van der Waals surface area contributed by atoms with Gasteiger partial charge < -0.3 is 11.5 Å². The summed E-state index contributed by atoms with van der Waals surface area (Å²) in [7, 11) is 0. The van der Waals surface area contributed by atoms with Gasteiger partial charge in [-0.15, -0.1) is 0 Å². The Morgan fingerprint density at radius 1 is 1.00 bits per heavy atom. The average Bonchev–Trinajstić information content (AvgIpc) is 2.56. The Morgan fingerprint density at radius 2 is 1.86 bits per heavy atom. The monoisotopic (exact) mass is 292 g/mol. The lowest BCUT2D eigenvalue weighted by Gasteiger charge is -2.06. The first-order chi connectivity index (χ1) is 10.6. The van der Waals surface area contributed by atoms with Crippen molar-refractivity contribution in [3.63, 3.8) is 0 Å². The zero-order valence-electron chi connectivity index (χ0n) is 11.5. The predicted octanol–water partition coefficient (Wildman–Crippen LogP) is 1.33. The van der Waals surface area contributed by atoms with Crippen molar-refractivity contribution in [2.45, 2.75) is 0 Å². The van der Waals surface area contributed by atoms with Crippen molar-refractivity contribution in [2.24, 2.45) is 0 Å². The number of nitrogen functional groups attached to an aromatic ring is 2. The van der Waals surface area contributed by atoms with Gasteiger partial charge in [-0.1, -0.05) is 0 Å². The van der Waals surface area contributed by atoms with Gasteiger partial charge in [-0.2, -0.15) is 0 Å². The maximum absolute atomic E-state index is 12.4. The summed E-state index contributed by atoms with van der Waals surface area (Å²) in [5.74, 6) is 0.142. The molecule has 4 N–H and O–H groups in total. The summed E-state index contributed by atoms with van der Waals surface area (Å²) >= 11 is 0. The molecule has 108 valence electrons. The molecule has 0 aliphatic heterocycles. The summed E-state index contributed by atoms with van der Waals surface area (Å²) in [6, 6.07) is 6.72. The predicted molar refractivity (Wildman–Crippen MR) is 81.8 cm³/mol. The molecule has 7 nitrogen and oxygen atoms in total. The van der Waals surface area contributed by atoms with Crippen molar-refractivity contribution in [2.75, 3.05) is 11.5 Å². The van der Waals surface area contributed by atoms with Gasteiger partial charge in [0.1, 0.15) is 5.82 Å². The van der Waals surface area contributed by atoms with Gasteiger partial charge >= 0.3 is 0 Å². The molecule has 0 saturated heterocycles. The number of nitrogens with two attached hydrogens (primary N) is 2. The van der Waals surface area contributed by atoms with Crippen LogP contribution in [0.4, 0.5) is 11.6 Å². The first kappa shape index (κ1) is 13.6. The second-order valence-electron chi connectivity index (χ2n) is 4.53. The number of ketones is 1. The van der Waals surface area contributed by atoms with Gasteiger partial charge in [0.25, 0.3) is 0 Å². The zero-order chi connectivity index (χ0) is 15.5. The third-order valence-electron chi connectivity index (χ3n) is 3.02. The number of hydrogen-bond donors (Lipinski definition) is 2. The van der Waals surface area contributed by atoms with Crippen LogP contribution in [-0.2, 0) is 0 Å². The first-order valence-electron chi connectivity index (χ1n) is 6.44. The average molecular weight is 292 g/mol. The number of rotatable bonds is 3. The molecular weight excluding hydrogens is 280 g/mol. The molecule has 0 unspecified atom stereocenters. The van der Waals surface area contributed by atoms with Crippen LogP contribution in [0, 0.1) is 0 Å². The molecule has 0 radical (unpaired) electrons. The lowest BCUT2D eigenvalue weighted by molar-refractivity contribution is 0.103. The molecule has 0 aliphatic rings. The second-order valence-corrected chi connectivity index (χ2v) is 4.53. The summed E-state index contributed by atoms with van der Waals surface area (Å²) in [5.41, 5.74) is 13.0. The number of pyridine rings is 2. The van der Waals surface area contributed by atoms with E-state index in [2.05, 4.69) is 19.9 Å². The van der Waals surface area contributed by atoms with Crippen molar-refractivity contribution in [1.29, 1.82) is 0 Å². The molecule has 3 rings (SSSR count).